The minimum atomic E-state index is -4.98. The Hall–Kier alpha value is -2.09. The zero-order valence-electron chi connectivity index (χ0n) is 11.1. The van der Waals surface area contributed by atoms with Crippen LogP contribution in [-0.4, -0.2) is 34.7 Å². The molecule has 8 heteroatoms. The summed E-state index contributed by atoms with van der Waals surface area (Å²) >= 11 is 0. The molecule has 5 nitrogen and oxygen atoms in total. The molecule has 1 rings (SSSR count). The van der Waals surface area contributed by atoms with E-state index < -0.39 is 29.6 Å². The first-order chi connectivity index (χ1) is 9.55. The Bertz CT molecular complexity index is 515. The molecule has 116 valence electrons. The fraction of sp³-hybridized carbons (Fsp3) is 0.385. The van der Waals surface area contributed by atoms with E-state index in [0.29, 0.717) is 12.5 Å². The first kappa shape index (κ1) is 17.0. The summed E-state index contributed by atoms with van der Waals surface area (Å²) in [5.74, 6) is -3.02. The minimum absolute atomic E-state index is 0.143. The molecule has 0 radical (unpaired) electrons. The number of carbonyl (C=O) groups excluding carboxylic acids is 1. The van der Waals surface area contributed by atoms with Gasteiger partial charge in [0.15, 0.2) is 5.54 Å². The second-order valence-corrected chi connectivity index (χ2v) is 4.75. The molecule has 0 bridgehead atoms. The Kier molecular flexibility index (Phi) is 4.95. The van der Waals surface area contributed by atoms with Crippen molar-refractivity contribution in [3.8, 4) is 0 Å². The molecule has 0 aromatic heterocycles. The highest BCUT2D eigenvalue weighted by Gasteiger charge is 2.54. The van der Waals surface area contributed by atoms with E-state index in [2.05, 4.69) is 0 Å². The van der Waals surface area contributed by atoms with Crippen LogP contribution in [0.4, 0.5) is 13.2 Å². The summed E-state index contributed by atoms with van der Waals surface area (Å²) in [6.45, 7) is 0.490. The molecule has 0 saturated heterocycles. The highest BCUT2D eigenvalue weighted by Crippen LogP contribution is 2.28. The molecule has 21 heavy (non-hydrogen) atoms. The number of rotatable bonds is 5. The molecule has 0 saturated carbocycles. The number of benzene rings is 1. The molecule has 0 fully saturated rings. The normalized spacial score (nSPS) is 15.9. The number of carboxylic acids is 1. The van der Waals surface area contributed by atoms with Crippen molar-refractivity contribution >= 4 is 11.9 Å². The molecule has 2 unspecified atom stereocenters. The summed E-state index contributed by atoms with van der Waals surface area (Å²) in [4.78, 5) is 22.7. The van der Waals surface area contributed by atoms with Crippen molar-refractivity contribution in [2.45, 2.75) is 31.1 Å². The molecule has 4 N–H and O–H groups in total. The molecule has 0 heterocycles. The number of hydrogen-bond acceptors (Lipinski definition) is 3. The van der Waals surface area contributed by atoms with Gasteiger partial charge < -0.3 is 16.2 Å². The maximum absolute atomic E-state index is 12.6. The summed E-state index contributed by atoms with van der Waals surface area (Å²) in [6.07, 6.45) is -5.12. The number of aliphatic carboxylic acids is 1. The maximum atomic E-state index is 12.6. The number of nitrogens with one attached hydrogen (secondary N) is 1. The molecule has 1 amide bonds. The summed E-state index contributed by atoms with van der Waals surface area (Å²) < 4.78 is 37.9. The van der Waals surface area contributed by atoms with Crippen molar-refractivity contribution in [3.05, 3.63) is 35.9 Å². The van der Waals surface area contributed by atoms with Gasteiger partial charge in [-0.25, -0.2) is 4.79 Å². The average Bonchev–Trinajstić information content (AvgIpc) is 2.37. The van der Waals surface area contributed by atoms with Crippen LogP contribution in [0.5, 0.6) is 0 Å². The number of amides is 1. The SMILES string of the molecule is CC(N)(C(=O)NC(Cc1ccccc1)C(=O)O)C(F)(F)F. The minimum Gasteiger partial charge on any atom is -0.480 e. The van der Waals surface area contributed by atoms with Gasteiger partial charge >= 0.3 is 12.1 Å². The van der Waals surface area contributed by atoms with E-state index in [1.165, 1.54) is 0 Å². The van der Waals surface area contributed by atoms with Crippen LogP contribution in [0.1, 0.15) is 12.5 Å². The molecule has 0 aliphatic carbocycles. The van der Waals surface area contributed by atoms with Gasteiger partial charge in [0, 0.05) is 6.42 Å². The van der Waals surface area contributed by atoms with Crippen molar-refractivity contribution in [1.29, 1.82) is 0 Å². The lowest BCUT2D eigenvalue weighted by atomic mass is 10.00. The summed E-state index contributed by atoms with van der Waals surface area (Å²) in [7, 11) is 0. The summed E-state index contributed by atoms with van der Waals surface area (Å²) in [5.41, 5.74) is 2.36. The standard InChI is InChI=1S/C13H15F3N2O3/c1-12(17,13(14,15)16)11(21)18-9(10(19)20)7-8-5-3-2-4-6-8/h2-6,9H,7,17H2,1H3,(H,18,21)(H,19,20). The predicted octanol–water partition coefficient (Wildman–Crippen LogP) is 1.08. The third-order valence-electron chi connectivity index (χ3n) is 2.95. The van der Waals surface area contributed by atoms with Gasteiger partial charge in [-0.2, -0.15) is 13.2 Å². The Morgan fingerprint density at radius 2 is 1.81 bits per heavy atom. The van der Waals surface area contributed by atoms with Crippen LogP contribution in [0.25, 0.3) is 0 Å². The van der Waals surface area contributed by atoms with E-state index >= 15 is 0 Å². The number of carbonyl (C=O) groups is 2. The number of carboxylic acid groups (broad SMARTS) is 1. The van der Waals surface area contributed by atoms with Crippen molar-refractivity contribution in [1.82, 2.24) is 5.32 Å². The van der Waals surface area contributed by atoms with Gasteiger partial charge in [-0.3, -0.25) is 4.79 Å². The van der Waals surface area contributed by atoms with Gasteiger partial charge in [-0.05, 0) is 12.5 Å². The van der Waals surface area contributed by atoms with Crippen LogP contribution in [0.15, 0.2) is 30.3 Å². The highest BCUT2D eigenvalue weighted by molar-refractivity contribution is 5.90. The van der Waals surface area contributed by atoms with Gasteiger partial charge in [0.1, 0.15) is 6.04 Å². The molecule has 1 aromatic carbocycles. The Balaban J connectivity index is 2.85. The lowest BCUT2D eigenvalue weighted by Crippen LogP contribution is -2.63. The fourth-order valence-corrected chi connectivity index (χ4v) is 1.49. The van der Waals surface area contributed by atoms with Crippen molar-refractivity contribution in [2.24, 2.45) is 5.73 Å². The summed E-state index contributed by atoms with van der Waals surface area (Å²) in [6, 6.07) is 6.72. The second-order valence-electron chi connectivity index (χ2n) is 4.75. The third kappa shape index (κ3) is 4.19. The number of nitrogens with two attached hydrogens (primary N) is 1. The molecule has 2 atom stereocenters. The van der Waals surface area contributed by atoms with Gasteiger partial charge in [0.25, 0.3) is 0 Å². The monoisotopic (exact) mass is 304 g/mol. The molecule has 0 aliphatic rings. The molecular weight excluding hydrogens is 289 g/mol. The lowest BCUT2D eigenvalue weighted by molar-refractivity contribution is -0.188. The van der Waals surface area contributed by atoms with E-state index in [1.807, 2.05) is 5.32 Å². The van der Waals surface area contributed by atoms with E-state index in [0.717, 1.165) is 0 Å². The van der Waals surface area contributed by atoms with Crippen molar-refractivity contribution in [3.63, 3.8) is 0 Å². The van der Waals surface area contributed by atoms with Crippen LogP contribution >= 0.6 is 0 Å². The molecule has 1 aromatic rings. The second kappa shape index (κ2) is 6.13. The van der Waals surface area contributed by atoms with Crippen molar-refractivity contribution in [2.75, 3.05) is 0 Å². The molecule has 0 aliphatic heterocycles. The molecular formula is C13H15F3N2O3. The van der Waals surface area contributed by atoms with Gasteiger partial charge in [-0.15, -0.1) is 0 Å². The first-order valence-electron chi connectivity index (χ1n) is 5.99. The fourth-order valence-electron chi connectivity index (χ4n) is 1.49. The first-order valence-corrected chi connectivity index (χ1v) is 5.99. The van der Waals surface area contributed by atoms with Gasteiger partial charge in [-0.1, -0.05) is 30.3 Å². The predicted molar refractivity (Wildman–Crippen MR) is 68.4 cm³/mol. The van der Waals surface area contributed by atoms with Gasteiger partial charge in [0.05, 0.1) is 0 Å². The van der Waals surface area contributed by atoms with Crippen molar-refractivity contribution < 1.29 is 27.9 Å². The van der Waals surface area contributed by atoms with Crippen LogP contribution in [0.3, 0.4) is 0 Å². The maximum Gasteiger partial charge on any atom is 0.415 e. The van der Waals surface area contributed by atoms with E-state index in [1.54, 1.807) is 30.3 Å². The average molecular weight is 304 g/mol. The van der Waals surface area contributed by atoms with Crippen LogP contribution < -0.4 is 11.1 Å². The Labute approximate surface area is 118 Å². The van der Waals surface area contributed by atoms with Gasteiger partial charge in [0.2, 0.25) is 5.91 Å². The largest absolute Gasteiger partial charge is 0.480 e. The van der Waals surface area contributed by atoms with Crippen LogP contribution in [0.2, 0.25) is 0 Å². The zero-order valence-corrected chi connectivity index (χ0v) is 11.1. The number of hydrogen-bond donors (Lipinski definition) is 3. The lowest BCUT2D eigenvalue weighted by Gasteiger charge is -2.27. The Morgan fingerprint density at radius 3 is 2.24 bits per heavy atom. The quantitative estimate of drug-likeness (QED) is 0.759. The highest BCUT2D eigenvalue weighted by atomic mass is 19.4. The topological polar surface area (TPSA) is 92.4 Å². The zero-order chi connectivity index (χ0) is 16.3. The third-order valence-corrected chi connectivity index (χ3v) is 2.95. The smallest absolute Gasteiger partial charge is 0.415 e. The number of halogens is 3. The Morgan fingerprint density at radius 1 is 1.29 bits per heavy atom. The van der Waals surface area contributed by atoms with Crippen LogP contribution in [-0.2, 0) is 16.0 Å². The number of alkyl halides is 3. The van der Waals surface area contributed by atoms with Crippen LogP contribution in [0, 0.1) is 0 Å². The van der Waals surface area contributed by atoms with E-state index in [9.17, 15) is 22.8 Å². The molecule has 0 spiro atoms. The summed E-state index contributed by atoms with van der Waals surface area (Å²) in [5, 5.41) is 10.8. The van der Waals surface area contributed by atoms with E-state index in [-0.39, 0.29) is 6.42 Å². The van der Waals surface area contributed by atoms with E-state index in [4.69, 9.17) is 10.8 Å².